The van der Waals surface area contributed by atoms with E-state index in [1.54, 1.807) is 12.2 Å². The monoisotopic (exact) mass is 1030 g/mol. The number of anilines is 1. The highest BCUT2D eigenvalue weighted by Gasteiger charge is 2.46. The van der Waals surface area contributed by atoms with E-state index in [-0.39, 0.29) is 25.1 Å². The lowest BCUT2D eigenvalue weighted by Gasteiger charge is -2.21. The predicted molar refractivity (Wildman–Crippen MR) is 267 cm³/mol. The Morgan fingerprint density at radius 2 is 1.44 bits per heavy atom. The molecule has 7 N–H and O–H groups in total. The summed E-state index contributed by atoms with van der Waals surface area (Å²) in [5, 5.41) is 30.9. The summed E-state index contributed by atoms with van der Waals surface area (Å²) in [7, 11) is -10.9. The highest BCUT2D eigenvalue weighted by molar-refractivity contribution is 7.61. The van der Waals surface area contributed by atoms with Crippen molar-refractivity contribution in [1.29, 1.82) is 0 Å². The Balaban J connectivity index is 1.87. The van der Waals surface area contributed by atoms with Crippen LogP contribution in [0.25, 0.3) is 0 Å². The van der Waals surface area contributed by atoms with Gasteiger partial charge in [0.15, 0.2) is 12.3 Å². The van der Waals surface area contributed by atoms with E-state index in [4.69, 9.17) is 29.0 Å². The maximum Gasteiger partial charge on any atom is 0.481 e. The molecule has 1 aliphatic heterocycles. The molecule has 9 atom stereocenters. The molecule has 0 saturated carbocycles. The van der Waals surface area contributed by atoms with Gasteiger partial charge < -0.3 is 45.1 Å². The number of aliphatic hydroxyl groups is 3. The Morgan fingerprint density at radius 3 is 2.13 bits per heavy atom. The average Bonchev–Trinajstić information content (AvgIpc) is 3.59. The fourth-order valence-corrected chi connectivity index (χ4v) is 8.86. The first-order valence-corrected chi connectivity index (χ1v) is 27.4. The minimum atomic E-state index is -5.45. The molecular formula is C49H79N3O16P2. The van der Waals surface area contributed by atoms with E-state index in [1.165, 1.54) is 38.2 Å². The first-order chi connectivity index (χ1) is 33.5. The van der Waals surface area contributed by atoms with Gasteiger partial charge in [0.2, 0.25) is 0 Å². The molecule has 0 aliphatic carbocycles. The number of hydrogen-bond acceptors (Lipinski definition) is 16. The summed E-state index contributed by atoms with van der Waals surface area (Å²) in [6.45, 7) is 4.16. The number of nitrogens with two attached hydrogens (primary N) is 1. The van der Waals surface area contributed by atoms with Gasteiger partial charge in [-0.15, -0.1) is 0 Å². The zero-order chi connectivity index (χ0) is 51.6. The highest BCUT2D eigenvalue weighted by atomic mass is 31.3. The van der Waals surface area contributed by atoms with Crippen LogP contribution in [0.1, 0.15) is 143 Å². The van der Waals surface area contributed by atoms with E-state index in [9.17, 15) is 48.6 Å². The van der Waals surface area contributed by atoms with Crippen molar-refractivity contribution in [3.05, 3.63) is 95.7 Å². The number of allylic oxidation sites excluding steroid dienone is 10. The molecular weight excluding hydrogens is 948 g/mol. The fraction of sp³-hybridized carbons (Fsp3) is 0.633. The van der Waals surface area contributed by atoms with Crippen LogP contribution in [0.15, 0.2) is 90.0 Å². The van der Waals surface area contributed by atoms with Crippen LogP contribution in [0.5, 0.6) is 0 Å². The quantitative estimate of drug-likeness (QED) is 0.0119. The van der Waals surface area contributed by atoms with E-state index in [2.05, 4.69) is 42.2 Å². The van der Waals surface area contributed by atoms with Gasteiger partial charge in [0.05, 0.1) is 19.3 Å². The second-order valence-electron chi connectivity index (χ2n) is 17.0. The lowest BCUT2D eigenvalue weighted by atomic mass is 9.99. The number of esters is 2. The Labute approximate surface area is 413 Å². The molecule has 1 fully saturated rings. The standard InChI is InChI=1S/C49H79N3O16P2/c1-4-6-7-8-20-25-30-40(53)31-26-21-16-11-9-10-12-18-23-28-33-45(55)66-41(36-63-44(54)32-27-22-17-14-13-15-19-24-29-39(3)5-2)37-64-69(59,60)68-70(61,62)65-38-42-46(56)47(57)48(67-42)52-35-34-43(50)51-49(52)58/h6-7,9-10,16,18,20-21,23,25-26,31,34-35,39-42,46-48,53,56-57H,4-5,8,11-15,17,19,22,24,27-30,32-33,36-38H2,1-3H3,(H,59,60)(H,61,62)(H2,50,51,58)/b7-6-,10-9-,21-16-,23-18-,25-20-,31-26+/t39?,40?,41-,42-,46-,47-,48-/m1/s1. The van der Waals surface area contributed by atoms with Gasteiger partial charge in [0.25, 0.3) is 0 Å². The Bertz CT molecular complexity index is 1990. The fourth-order valence-electron chi connectivity index (χ4n) is 6.75. The van der Waals surface area contributed by atoms with Gasteiger partial charge in [0.1, 0.15) is 30.7 Å². The molecule has 0 bridgehead atoms. The number of carbonyl (C=O) groups is 2. The van der Waals surface area contributed by atoms with Crippen LogP contribution >= 0.6 is 15.6 Å². The van der Waals surface area contributed by atoms with Crippen molar-refractivity contribution in [2.45, 2.75) is 173 Å². The van der Waals surface area contributed by atoms with Crippen LogP contribution in [-0.4, -0.2) is 96.9 Å². The SMILES string of the molecule is CC/C=C\C/C=C\CC(O)/C=C/C=C\C/C=C\C/C=C\CCC(=O)O[C@H](COC(=O)CCCCCCCCCCC(C)CC)COP(=O)(O)OP(=O)(O)OC[C@H]1O[C@@H](n2ccc(N)nc2=O)[C@H](O)[C@@H]1O. The number of aromatic nitrogens is 2. The molecule has 0 aromatic carbocycles. The van der Waals surface area contributed by atoms with Crippen molar-refractivity contribution >= 4 is 33.4 Å². The number of phosphoric ester groups is 2. The van der Waals surface area contributed by atoms with E-state index >= 15 is 0 Å². The molecule has 396 valence electrons. The van der Waals surface area contributed by atoms with Crippen molar-refractivity contribution in [1.82, 2.24) is 9.55 Å². The number of rotatable bonds is 38. The predicted octanol–water partition coefficient (Wildman–Crippen LogP) is 8.55. The molecule has 1 aliphatic rings. The van der Waals surface area contributed by atoms with Crippen molar-refractivity contribution < 1.29 is 71.4 Å². The smallest absolute Gasteiger partial charge is 0.462 e. The summed E-state index contributed by atoms with van der Waals surface area (Å²) in [5.41, 5.74) is 4.57. The summed E-state index contributed by atoms with van der Waals surface area (Å²) in [6, 6.07) is 1.24. The molecule has 2 rings (SSSR count). The van der Waals surface area contributed by atoms with Crippen LogP contribution in [-0.2, 0) is 46.3 Å². The Kier molecular flexibility index (Phi) is 32.1. The van der Waals surface area contributed by atoms with Gasteiger partial charge in [0, 0.05) is 19.0 Å². The number of aliphatic hydroxyl groups excluding tert-OH is 3. The lowest BCUT2D eigenvalue weighted by molar-refractivity contribution is -0.161. The van der Waals surface area contributed by atoms with Crippen molar-refractivity contribution in [2.75, 3.05) is 25.6 Å². The van der Waals surface area contributed by atoms with Crippen LogP contribution in [0.3, 0.4) is 0 Å². The largest absolute Gasteiger partial charge is 0.481 e. The minimum Gasteiger partial charge on any atom is -0.462 e. The van der Waals surface area contributed by atoms with E-state index in [1.807, 2.05) is 48.6 Å². The third-order valence-electron chi connectivity index (χ3n) is 10.9. The molecule has 1 saturated heterocycles. The summed E-state index contributed by atoms with van der Waals surface area (Å²) >= 11 is 0. The summed E-state index contributed by atoms with van der Waals surface area (Å²) in [4.78, 5) is 61.8. The van der Waals surface area contributed by atoms with Crippen LogP contribution in [0.4, 0.5) is 5.82 Å². The van der Waals surface area contributed by atoms with E-state index < -0.39 is 89.8 Å². The summed E-state index contributed by atoms with van der Waals surface area (Å²) < 4.78 is 56.6. The normalized spacial score (nSPS) is 20.8. The van der Waals surface area contributed by atoms with Gasteiger partial charge in [-0.3, -0.25) is 23.2 Å². The van der Waals surface area contributed by atoms with E-state index in [0.717, 1.165) is 55.2 Å². The molecule has 70 heavy (non-hydrogen) atoms. The Hall–Kier alpha value is -3.84. The second kappa shape index (κ2) is 36.1. The molecule has 2 heterocycles. The number of nitrogen functional groups attached to an aromatic ring is 1. The first kappa shape index (κ1) is 62.3. The van der Waals surface area contributed by atoms with Crippen LogP contribution < -0.4 is 11.4 Å². The van der Waals surface area contributed by atoms with Crippen LogP contribution in [0, 0.1) is 5.92 Å². The van der Waals surface area contributed by atoms with Gasteiger partial charge in [-0.05, 0) is 56.9 Å². The number of nitrogens with zero attached hydrogens (tertiary/aromatic N) is 2. The maximum atomic E-state index is 12.8. The number of phosphoric acid groups is 2. The third-order valence-corrected chi connectivity index (χ3v) is 13.5. The van der Waals surface area contributed by atoms with Gasteiger partial charge in [-0.1, -0.05) is 151 Å². The highest BCUT2D eigenvalue weighted by Crippen LogP contribution is 2.60. The van der Waals surface area contributed by atoms with Crippen LogP contribution in [0.2, 0.25) is 0 Å². The molecule has 21 heteroatoms. The topological polar surface area (TPSA) is 286 Å². The van der Waals surface area contributed by atoms with Crippen molar-refractivity contribution in [3.8, 4) is 0 Å². The number of carbonyl (C=O) groups excluding carboxylic acids is 2. The molecule has 0 radical (unpaired) electrons. The molecule has 1 aromatic heterocycles. The molecule has 4 unspecified atom stereocenters. The first-order valence-electron chi connectivity index (χ1n) is 24.5. The summed E-state index contributed by atoms with van der Waals surface area (Å²) in [6.07, 6.45) is 30.5. The van der Waals surface area contributed by atoms with E-state index in [0.29, 0.717) is 25.7 Å². The molecule has 0 amide bonds. The number of unbranched alkanes of at least 4 members (excludes halogenated alkanes) is 7. The third kappa shape index (κ3) is 28.9. The molecule has 1 aromatic rings. The number of ether oxygens (including phenoxy) is 3. The average molecular weight is 1030 g/mol. The number of hydrogen-bond donors (Lipinski definition) is 6. The zero-order valence-corrected chi connectivity index (χ0v) is 42.9. The maximum absolute atomic E-state index is 12.8. The molecule has 19 nitrogen and oxygen atoms in total. The minimum absolute atomic E-state index is 0.0976. The molecule has 0 spiro atoms. The van der Waals surface area contributed by atoms with Crippen molar-refractivity contribution in [2.24, 2.45) is 5.92 Å². The van der Waals surface area contributed by atoms with Gasteiger partial charge >= 0.3 is 33.3 Å². The van der Waals surface area contributed by atoms with Crippen molar-refractivity contribution in [3.63, 3.8) is 0 Å². The zero-order valence-electron chi connectivity index (χ0n) is 41.1. The Morgan fingerprint density at radius 1 is 0.814 bits per heavy atom. The second-order valence-corrected chi connectivity index (χ2v) is 20.1. The van der Waals surface area contributed by atoms with Gasteiger partial charge in [-0.2, -0.15) is 9.29 Å². The summed E-state index contributed by atoms with van der Waals surface area (Å²) in [5.74, 6) is -0.679. The lowest BCUT2D eigenvalue weighted by Crippen LogP contribution is -2.36. The van der Waals surface area contributed by atoms with Gasteiger partial charge in [-0.25, -0.2) is 13.9 Å².